The molecule has 5 nitrogen and oxygen atoms in total. The van der Waals surface area contributed by atoms with E-state index >= 15 is 0 Å². The Morgan fingerprint density at radius 1 is 0.839 bits per heavy atom. The van der Waals surface area contributed by atoms with Gasteiger partial charge in [0.25, 0.3) is 0 Å². The van der Waals surface area contributed by atoms with Crippen LogP contribution in [0.3, 0.4) is 0 Å². The van der Waals surface area contributed by atoms with Gasteiger partial charge in [0.1, 0.15) is 11.5 Å². The van der Waals surface area contributed by atoms with E-state index in [4.69, 9.17) is 21.1 Å². The lowest BCUT2D eigenvalue weighted by Gasteiger charge is -2.31. The van der Waals surface area contributed by atoms with E-state index in [1.165, 1.54) is 0 Å². The molecule has 1 heterocycles. The summed E-state index contributed by atoms with van der Waals surface area (Å²) in [6.07, 6.45) is 6.26. The lowest BCUT2D eigenvalue weighted by Crippen LogP contribution is -2.32. The Labute approximate surface area is 200 Å². The largest absolute Gasteiger partial charge is 0.497 e. The summed E-state index contributed by atoms with van der Waals surface area (Å²) in [5.74, 6) is 1.60. The predicted molar refractivity (Wildman–Crippen MR) is 134 cm³/mol. The molecule has 1 aliphatic carbocycles. The smallest absolute Gasteiger partial charge is 0.124 e. The van der Waals surface area contributed by atoms with Crippen LogP contribution in [0.1, 0.15) is 25.7 Å². The van der Waals surface area contributed by atoms with Gasteiger partial charge in [-0.1, -0.05) is 11.6 Å². The molecule has 0 spiro atoms. The summed E-state index contributed by atoms with van der Waals surface area (Å²) < 4.78 is 10.7. The zero-order valence-corrected chi connectivity index (χ0v) is 19.9. The average Bonchev–Trinajstić information content (AvgIpc) is 2.74. The number of hydrogen-bond acceptors (Lipinski definition) is 5. The van der Waals surface area contributed by atoms with Crippen molar-refractivity contribution in [1.82, 2.24) is 4.98 Å². The standard InChI is InChI=1S/C23H26ClN3O2.2ClH/c1-28-19-12-18(13-20(14-19)29-2)26-16-4-6-17(7-5-16)27-22-9-10-25-23-11-15(24)3-8-21(22)23;;/h3,8-14,16-17,26H,4-7H2,1-2H3,(H,25,27);2*1H. The highest BCUT2D eigenvalue weighted by atomic mass is 35.5. The predicted octanol–water partition coefficient (Wildman–Crippen LogP) is 6.58. The molecule has 0 atom stereocenters. The van der Waals surface area contributed by atoms with Gasteiger partial charge in [0, 0.05) is 58.3 Å². The molecule has 0 bridgehead atoms. The third kappa shape index (κ3) is 6.22. The van der Waals surface area contributed by atoms with Crippen molar-refractivity contribution >= 4 is 58.7 Å². The maximum absolute atomic E-state index is 6.10. The topological polar surface area (TPSA) is 55.4 Å². The van der Waals surface area contributed by atoms with Crippen molar-refractivity contribution in [3.05, 3.63) is 53.7 Å². The molecule has 0 saturated heterocycles. The number of hydrogen-bond donors (Lipinski definition) is 2. The van der Waals surface area contributed by atoms with Crippen molar-refractivity contribution < 1.29 is 9.47 Å². The van der Waals surface area contributed by atoms with E-state index in [1.807, 2.05) is 48.7 Å². The van der Waals surface area contributed by atoms with Crippen molar-refractivity contribution in [2.45, 2.75) is 37.8 Å². The van der Waals surface area contributed by atoms with Crippen molar-refractivity contribution in [2.75, 3.05) is 24.9 Å². The van der Waals surface area contributed by atoms with E-state index in [-0.39, 0.29) is 24.8 Å². The first kappa shape index (κ1) is 25.2. The minimum absolute atomic E-state index is 0. The van der Waals surface area contributed by atoms with Gasteiger partial charge in [-0.15, -0.1) is 24.8 Å². The molecule has 1 saturated carbocycles. The minimum atomic E-state index is 0. The van der Waals surface area contributed by atoms with E-state index < -0.39 is 0 Å². The zero-order chi connectivity index (χ0) is 20.2. The van der Waals surface area contributed by atoms with Gasteiger partial charge in [-0.25, -0.2) is 0 Å². The van der Waals surface area contributed by atoms with Crippen LogP contribution < -0.4 is 20.1 Å². The molecular formula is C23H28Cl3N3O2. The molecule has 1 fully saturated rings. The van der Waals surface area contributed by atoms with Gasteiger partial charge in [-0.2, -0.15) is 0 Å². The molecule has 2 N–H and O–H groups in total. The Balaban J connectivity index is 0.00000171. The molecule has 31 heavy (non-hydrogen) atoms. The third-order valence-electron chi connectivity index (χ3n) is 5.51. The van der Waals surface area contributed by atoms with Gasteiger partial charge < -0.3 is 20.1 Å². The first-order valence-electron chi connectivity index (χ1n) is 9.95. The van der Waals surface area contributed by atoms with E-state index in [9.17, 15) is 0 Å². The van der Waals surface area contributed by atoms with Gasteiger partial charge in [0.05, 0.1) is 19.7 Å². The molecule has 4 rings (SSSR count). The number of pyridine rings is 1. The van der Waals surface area contributed by atoms with Gasteiger partial charge in [-0.3, -0.25) is 4.98 Å². The van der Waals surface area contributed by atoms with Gasteiger partial charge >= 0.3 is 0 Å². The van der Waals surface area contributed by atoms with Crippen LogP contribution in [0.2, 0.25) is 5.02 Å². The molecule has 168 valence electrons. The molecule has 0 unspecified atom stereocenters. The number of aromatic nitrogens is 1. The molecule has 3 aromatic rings. The maximum Gasteiger partial charge on any atom is 0.124 e. The van der Waals surface area contributed by atoms with Crippen LogP contribution in [-0.2, 0) is 0 Å². The van der Waals surface area contributed by atoms with Crippen LogP contribution in [0, 0.1) is 0 Å². The highest BCUT2D eigenvalue weighted by Gasteiger charge is 2.22. The first-order valence-corrected chi connectivity index (χ1v) is 10.3. The number of benzene rings is 2. The van der Waals surface area contributed by atoms with Gasteiger partial charge in [-0.05, 0) is 49.9 Å². The van der Waals surface area contributed by atoms with E-state index in [0.29, 0.717) is 17.1 Å². The Morgan fingerprint density at radius 2 is 1.45 bits per heavy atom. The van der Waals surface area contributed by atoms with E-state index in [1.54, 1.807) is 14.2 Å². The summed E-state index contributed by atoms with van der Waals surface area (Å²) in [6, 6.07) is 14.7. The second-order valence-electron chi connectivity index (χ2n) is 7.46. The molecule has 8 heteroatoms. The number of fused-ring (bicyclic) bond motifs is 1. The molecule has 0 amide bonds. The van der Waals surface area contributed by atoms with Crippen LogP contribution in [0.25, 0.3) is 10.9 Å². The Bertz CT molecular complexity index is 973. The van der Waals surface area contributed by atoms with Crippen LogP contribution in [0.15, 0.2) is 48.7 Å². The van der Waals surface area contributed by atoms with Crippen molar-refractivity contribution in [3.63, 3.8) is 0 Å². The SMILES string of the molecule is COc1cc(NC2CCC(Nc3ccnc4cc(Cl)ccc34)CC2)cc(OC)c1.Cl.Cl. The van der Waals surface area contributed by atoms with Gasteiger partial charge in [0.15, 0.2) is 0 Å². The number of halogens is 3. The summed E-state index contributed by atoms with van der Waals surface area (Å²) >= 11 is 6.10. The molecular weight excluding hydrogens is 457 g/mol. The number of anilines is 2. The summed E-state index contributed by atoms with van der Waals surface area (Å²) in [5.41, 5.74) is 3.08. The normalized spacial score (nSPS) is 17.8. The lowest BCUT2D eigenvalue weighted by molar-refractivity contribution is 0.394. The van der Waals surface area contributed by atoms with Crippen LogP contribution >= 0.6 is 36.4 Å². The maximum atomic E-state index is 6.10. The average molecular weight is 485 g/mol. The van der Waals surface area contributed by atoms with Crippen LogP contribution in [-0.4, -0.2) is 31.3 Å². The number of ether oxygens (including phenoxy) is 2. The molecule has 2 aromatic carbocycles. The highest BCUT2D eigenvalue weighted by Crippen LogP contribution is 2.31. The van der Waals surface area contributed by atoms with Crippen molar-refractivity contribution in [3.8, 4) is 11.5 Å². The fraction of sp³-hybridized carbons (Fsp3) is 0.348. The molecule has 0 aliphatic heterocycles. The molecule has 1 aliphatic rings. The monoisotopic (exact) mass is 483 g/mol. The Morgan fingerprint density at radius 3 is 2.06 bits per heavy atom. The Hall–Kier alpha value is -2.08. The third-order valence-corrected chi connectivity index (χ3v) is 5.75. The number of nitrogens with zero attached hydrogens (tertiary/aromatic N) is 1. The number of methoxy groups -OCH3 is 2. The summed E-state index contributed by atoms with van der Waals surface area (Å²) in [5, 5.41) is 9.17. The lowest BCUT2D eigenvalue weighted by atomic mass is 9.90. The Kier molecular flexibility index (Phi) is 9.35. The fourth-order valence-corrected chi connectivity index (χ4v) is 4.14. The summed E-state index contributed by atoms with van der Waals surface area (Å²) in [6.45, 7) is 0. The zero-order valence-electron chi connectivity index (χ0n) is 17.6. The number of nitrogens with one attached hydrogen (secondary N) is 2. The van der Waals surface area contributed by atoms with Crippen molar-refractivity contribution in [1.29, 1.82) is 0 Å². The van der Waals surface area contributed by atoms with Crippen molar-refractivity contribution in [2.24, 2.45) is 0 Å². The fourth-order valence-electron chi connectivity index (χ4n) is 3.98. The van der Waals surface area contributed by atoms with E-state index in [2.05, 4.69) is 15.6 Å². The van der Waals surface area contributed by atoms with Gasteiger partial charge in [0.2, 0.25) is 0 Å². The van der Waals surface area contributed by atoms with Crippen LogP contribution in [0.4, 0.5) is 11.4 Å². The van der Waals surface area contributed by atoms with E-state index in [0.717, 1.165) is 59.5 Å². The molecule has 1 aromatic heterocycles. The summed E-state index contributed by atoms with van der Waals surface area (Å²) in [4.78, 5) is 4.43. The first-order chi connectivity index (χ1) is 14.1. The van der Waals surface area contributed by atoms with Crippen LogP contribution in [0.5, 0.6) is 11.5 Å². The molecule has 0 radical (unpaired) electrons. The second kappa shape index (κ2) is 11.5. The minimum Gasteiger partial charge on any atom is -0.497 e. The quantitative estimate of drug-likeness (QED) is 0.413. The summed E-state index contributed by atoms with van der Waals surface area (Å²) in [7, 11) is 3.35. The number of rotatable bonds is 6. The highest BCUT2D eigenvalue weighted by molar-refractivity contribution is 6.31. The second-order valence-corrected chi connectivity index (χ2v) is 7.89.